The Hall–Kier alpha value is -2.64. The molecule has 0 atom stereocenters. The van der Waals surface area contributed by atoms with Crippen molar-refractivity contribution in [1.82, 2.24) is 20.1 Å². The van der Waals surface area contributed by atoms with Crippen molar-refractivity contribution >= 4 is 11.9 Å². The highest BCUT2D eigenvalue weighted by molar-refractivity contribution is 5.95. The van der Waals surface area contributed by atoms with E-state index in [1.807, 2.05) is 0 Å². The fourth-order valence-electron chi connectivity index (χ4n) is 1.44. The molecule has 0 aliphatic rings. The number of hydrogen-bond donors (Lipinski definition) is 2. The zero-order valence-electron chi connectivity index (χ0n) is 10.2. The average molecular weight is 264 g/mol. The highest BCUT2D eigenvalue weighted by Crippen LogP contribution is 2.07. The lowest BCUT2D eigenvalue weighted by atomic mass is 10.3. The van der Waals surface area contributed by atoms with Gasteiger partial charge in [-0.05, 0) is 0 Å². The first-order chi connectivity index (χ1) is 9.06. The summed E-state index contributed by atoms with van der Waals surface area (Å²) in [5.41, 5.74) is -0.0588. The average Bonchev–Trinajstić information content (AvgIpc) is 2.98. The van der Waals surface area contributed by atoms with Gasteiger partial charge in [0.15, 0.2) is 11.6 Å². The fraction of sp³-hybridized carbons (Fsp3) is 0.273. The number of carboxylic acid groups (broad SMARTS) is 1. The summed E-state index contributed by atoms with van der Waals surface area (Å²) < 4.78 is 6.44. The van der Waals surface area contributed by atoms with E-state index in [2.05, 4.69) is 15.4 Å². The van der Waals surface area contributed by atoms with E-state index in [-0.39, 0.29) is 11.3 Å². The Morgan fingerprint density at radius 1 is 1.53 bits per heavy atom. The maximum Gasteiger partial charge on any atom is 0.338 e. The molecule has 0 spiro atoms. The topological polar surface area (TPSA) is 110 Å². The van der Waals surface area contributed by atoms with Crippen LogP contribution in [0.25, 0.3) is 0 Å². The number of carboxylic acids is 1. The van der Waals surface area contributed by atoms with Gasteiger partial charge in [-0.25, -0.2) is 9.78 Å². The number of carbonyl (C=O) groups excluding carboxylic acids is 1. The molecule has 0 aliphatic carbocycles. The summed E-state index contributed by atoms with van der Waals surface area (Å²) in [6.07, 6.45) is 3.08. The predicted molar refractivity (Wildman–Crippen MR) is 62.7 cm³/mol. The third-order valence-electron chi connectivity index (χ3n) is 2.35. The lowest BCUT2D eigenvalue weighted by molar-refractivity contribution is 0.0696. The van der Waals surface area contributed by atoms with Gasteiger partial charge < -0.3 is 14.8 Å². The Morgan fingerprint density at radius 3 is 2.89 bits per heavy atom. The number of aromatic nitrogens is 3. The first-order valence-electron chi connectivity index (χ1n) is 5.51. The zero-order chi connectivity index (χ0) is 13.8. The van der Waals surface area contributed by atoms with Gasteiger partial charge >= 0.3 is 5.97 Å². The first-order valence-corrected chi connectivity index (χ1v) is 5.51. The minimum atomic E-state index is -1.14. The van der Waals surface area contributed by atoms with Crippen LogP contribution in [-0.2, 0) is 13.5 Å². The SMILES string of the molecule is Cn1cnc(CCNC(=O)c2cc(C(=O)O)co2)n1. The molecule has 8 nitrogen and oxygen atoms in total. The molecule has 0 bridgehead atoms. The van der Waals surface area contributed by atoms with Gasteiger partial charge in [-0.15, -0.1) is 0 Å². The lowest BCUT2D eigenvalue weighted by Gasteiger charge is -2.00. The normalized spacial score (nSPS) is 10.4. The van der Waals surface area contributed by atoms with Crippen molar-refractivity contribution in [3.8, 4) is 0 Å². The maximum absolute atomic E-state index is 11.6. The maximum atomic E-state index is 11.6. The molecule has 0 unspecified atom stereocenters. The molecule has 2 aromatic heterocycles. The van der Waals surface area contributed by atoms with Crippen LogP contribution in [0.2, 0.25) is 0 Å². The first kappa shape index (κ1) is 12.8. The van der Waals surface area contributed by atoms with Crippen LogP contribution in [0, 0.1) is 0 Å². The van der Waals surface area contributed by atoms with Gasteiger partial charge in [-0.3, -0.25) is 9.48 Å². The Balaban J connectivity index is 1.85. The second-order valence-corrected chi connectivity index (χ2v) is 3.85. The monoisotopic (exact) mass is 264 g/mol. The van der Waals surface area contributed by atoms with E-state index >= 15 is 0 Å². The molecular formula is C11H12N4O4. The molecular weight excluding hydrogens is 252 g/mol. The Bertz CT molecular complexity index is 601. The lowest BCUT2D eigenvalue weighted by Crippen LogP contribution is -2.25. The smallest absolute Gasteiger partial charge is 0.338 e. The fourth-order valence-corrected chi connectivity index (χ4v) is 1.44. The van der Waals surface area contributed by atoms with Gasteiger partial charge in [0, 0.05) is 26.1 Å². The van der Waals surface area contributed by atoms with Crippen LogP contribution in [0.3, 0.4) is 0 Å². The molecule has 0 saturated carbocycles. The van der Waals surface area contributed by atoms with Crippen molar-refractivity contribution < 1.29 is 19.1 Å². The van der Waals surface area contributed by atoms with Crippen molar-refractivity contribution in [2.24, 2.45) is 7.05 Å². The summed E-state index contributed by atoms with van der Waals surface area (Å²) in [4.78, 5) is 26.3. The molecule has 1 amide bonds. The molecule has 0 radical (unpaired) electrons. The molecule has 0 aromatic carbocycles. The Kier molecular flexibility index (Phi) is 3.60. The second-order valence-electron chi connectivity index (χ2n) is 3.85. The van der Waals surface area contributed by atoms with E-state index in [0.717, 1.165) is 6.26 Å². The Labute approximate surface area is 108 Å². The summed E-state index contributed by atoms with van der Waals surface area (Å²) in [5, 5.41) is 15.4. The molecule has 2 N–H and O–H groups in total. The quantitative estimate of drug-likeness (QED) is 0.791. The van der Waals surface area contributed by atoms with Crippen molar-refractivity contribution in [3.63, 3.8) is 0 Å². The highest BCUT2D eigenvalue weighted by atomic mass is 16.4. The van der Waals surface area contributed by atoms with Crippen LogP contribution in [0.5, 0.6) is 0 Å². The van der Waals surface area contributed by atoms with Crippen LogP contribution in [-0.4, -0.2) is 38.3 Å². The summed E-state index contributed by atoms with van der Waals surface area (Å²) in [6.45, 7) is 0.339. The summed E-state index contributed by atoms with van der Waals surface area (Å²) in [6, 6.07) is 1.18. The van der Waals surface area contributed by atoms with Gasteiger partial charge in [0.05, 0.1) is 5.56 Å². The predicted octanol–water partition coefficient (Wildman–Crippen LogP) is 0.0788. The largest absolute Gasteiger partial charge is 0.478 e. The van der Waals surface area contributed by atoms with Gasteiger partial charge in [0.25, 0.3) is 5.91 Å². The van der Waals surface area contributed by atoms with E-state index in [9.17, 15) is 9.59 Å². The van der Waals surface area contributed by atoms with Gasteiger partial charge in [-0.2, -0.15) is 5.10 Å². The van der Waals surface area contributed by atoms with Crippen molar-refractivity contribution in [2.75, 3.05) is 6.54 Å². The van der Waals surface area contributed by atoms with Gasteiger partial charge in [0.1, 0.15) is 12.6 Å². The van der Waals surface area contributed by atoms with Crippen molar-refractivity contribution in [2.45, 2.75) is 6.42 Å². The van der Waals surface area contributed by atoms with Crippen LogP contribution < -0.4 is 5.32 Å². The summed E-state index contributed by atoms with van der Waals surface area (Å²) in [5.74, 6) is -1.02. The molecule has 2 heterocycles. The number of carbonyl (C=O) groups is 2. The molecule has 100 valence electrons. The number of aromatic carboxylic acids is 1. The van der Waals surface area contributed by atoms with E-state index in [0.29, 0.717) is 18.8 Å². The molecule has 2 rings (SSSR count). The number of aryl methyl sites for hydroxylation is 1. The van der Waals surface area contributed by atoms with Crippen LogP contribution in [0.15, 0.2) is 23.1 Å². The number of nitrogens with zero attached hydrogens (tertiary/aromatic N) is 3. The minimum Gasteiger partial charge on any atom is -0.478 e. The van der Waals surface area contributed by atoms with Gasteiger partial charge in [0.2, 0.25) is 0 Å². The minimum absolute atomic E-state index is 0.0358. The van der Waals surface area contributed by atoms with Crippen molar-refractivity contribution in [1.29, 1.82) is 0 Å². The van der Waals surface area contributed by atoms with E-state index < -0.39 is 11.9 Å². The number of furan rings is 1. The summed E-state index contributed by atoms with van der Waals surface area (Å²) in [7, 11) is 1.76. The van der Waals surface area contributed by atoms with E-state index in [4.69, 9.17) is 9.52 Å². The molecule has 2 aromatic rings. The zero-order valence-corrected chi connectivity index (χ0v) is 10.2. The molecule has 19 heavy (non-hydrogen) atoms. The third kappa shape index (κ3) is 3.18. The molecule has 8 heteroatoms. The molecule has 0 aliphatic heterocycles. The van der Waals surface area contributed by atoms with Gasteiger partial charge in [-0.1, -0.05) is 0 Å². The Morgan fingerprint density at radius 2 is 2.32 bits per heavy atom. The van der Waals surface area contributed by atoms with Crippen LogP contribution in [0.4, 0.5) is 0 Å². The third-order valence-corrected chi connectivity index (χ3v) is 2.35. The standard InChI is InChI=1S/C11H12N4O4/c1-15-6-13-9(14-15)2-3-12-10(16)8-4-7(5-19-8)11(17)18/h4-6H,2-3H2,1H3,(H,12,16)(H,17,18). The number of hydrogen-bond acceptors (Lipinski definition) is 5. The number of amides is 1. The van der Waals surface area contributed by atoms with E-state index in [1.165, 1.54) is 6.07 Å². The highest BCUT2D eigenvalue weighted by Gasteiger charge is 2.14. The van der Waals surface area contributed by atoms with E-state index in [1.54, 1.807) is 18.1 Å². The van der Waals surface area contributed by atoms with Crippen LogP contribution >= 0.6 is 0 Å². The van der Waals surface area contributed by atoms with Crippen molar-refractivity contribution in [3.05, 3.63) is 35.8 Å². The second kappa shape index (κ2) is 5.34. The molecule has 0 saturated heterocycles. The molecule has 0 fully saturated rings. The number of nitrogens with one attached hydrogen (secondary N) is 1. The number of rotatable bonds is 5. The van der Waals surface area contributed by atoms with Crippen LogP contribution in [0.1, 0.15) is 26.7 Å². The summed E-state index contributed by atoms with van der Waals surface area (Å²) >= 11 is 0.